The number of halogens is 1. The average molecular weight is 398 g/mol. The van der Waals surface area contributed by atoms with E-state index >= 15 is 0 Å². The van der Waals surface area contributed by atoms with Crippen molar-refractivity contribution in [3.8, 4) is 0 Å². The van der Waals surface area contributed by atoms with E-state index in [0.29, 0.717) is 12.8 Å². The van der Waals surface area contributed by atoms with Gasteiger partial charge in [0, 0.05) is 10.9 Å². The number of carbonyl (C=O) groups is 2. The highest BCUT2D eigenvalue weighted by atomic mass is 79.9. The summed E-state index contributed by atoms with van der Waals surface area (Å²) in [5.74, 6) is -0.896. The number of rotatable bonds is 7. The molecule has 0 aliphatic rings. The number of aliphatic carboxylic acids is 1. The number of alkyl carbamates (subject to hydrolysis) is 1. The molecule has 0 radical (unpaired) electrons. The SMILES string of the molecule is CC(C)(C)OC(=O)N[C@H](/C=C/Cc1ccc(Br)cc1)CCC(=O)O. The first-order valence-corrected chi connectivity index (χ1v) is 8.57. The van der Waals surface area contributed by atoms with Gasteiger partial charge >= 0.3 is 12.1 Å². The van der Waals surface area contributed by atoms with Gasteiger partial charge in [0.05, 0.1) is 6.04 Å². The largest absolute Gasteiger partial charge is 0.481 e. The van der Waals surface area contributed by atoms with E-state index in [1.165, 1.54) is 0 Å². The fraction of sp³-hybridized carbons (Fsp3) is 0.444. The third kappa shape index (κ3) is 9.35. The molecule has 132 valence electrons. The van der Waals surface area contributed by atoms with Gasteiger partial charge in [-0.25, -0.2) is 4.79 Å². The summed E-state index contributed by atoms with van der Waals surface area (Å²) in [7, 11) is 0. The molecular formula is C18H24BrNO4. The van der Waals surface area contributed by atoms with Crippen LogP contribution < -0.4 is 5.32 Å². The number of amides is 1. The molecule has 2 N–H and O–H groups in total. The number of allylic oxidation sites excluding steroid dienone is 1. The van der Waals surface area contributed by atoms with Gasteiger partial charge in [-0.2, -0.15) is 0 Å². The van der Waals surface area contributed by atoms with Crippen LogP contribution in [0.25, 0.3) is 0 Å². The Morgan fingerprint density at radius 1 is 1.29 bits per heavy atom. The lowest BCUT2D eigenvalue weighted by atomic mass is 10.1. The molecule has 0 spiro atoms. The van der Waals surface area contributed by atoms with Crippen LogP contribution >= 0.6 is 15.9 Å². The number of ether oxygens (including phenoxy) is 1. The number of hydrogen-bond acceptors (Lipinski definition) is 3. The minimum Gasteiger partial charge on any atom is -0.481 e. The molecule has 0 saturated heterocycles. The van der Waals surface area contributed by atoms with Crippen LogP contribution in [-0.4, -0.2) is 28.8 Å². The van der Waals surface area contributed by atoms with Gasteiger partial charge in [0.2, 0.25) is 0 Å². The third-order valence-electron chi connectivity index (χ3n) is 3.01. The van der Waals surface area contributed by atoms with E-state index in [0.717, 1.165) is 10.0 Å². The molecule has 6 heteroatoms. The number of nitrogens with one attached hydrogen (secondary N) is 1. The fourth-order valence-electron chi connectivity index (χ4n) is 1.94. The van der Waals surface area contributed by atoms with Crippen LogP contribution in [-0.2, 0) is 16.0 Å². The minimum absolute atomic E-state index is 0.0247. The molecule has 0 aromatic heterocycles. The lowest BCUT2D eigenvalue weighted by Gasteiger charge is -2.22. The van der Waals surface area contributed by atoms with Gasteiger partial charge in [0.25, 0.3) is 0 Å². The molecule has 0 fully saturated rings. The smallest absolute Gasteiger partial charge is 0.408 e. The number of hydrogen-bond donors (Lipinski definition) is 2. The van der Waals surface area contributed by atoms with Crippen LogP contribution in [0.3, 0.4) is 0 Å². The predicted octanol–water partition coefficient (Wildman–Crippen LogP) is 4.31. The van der Waals surface area contributed by atoms with Crippen LogP contribution in [0.4, 0.5) is 4.79 Å². The molecule has 1 rings (SSSR count). The Hall–Kier alpha value is -1.82. The maximum atomic E-state index is 11.9. The van der Waals surface area contributed by atoms with Gasteiger partial charge in [-0.05, 0) is 51.3 Å². The summed E-state index contributed by atoms with van der Waals surface area (Å²) in [5, 5.41) is 11.5. The van der Waals surface area contributed by atoms with Crippen LogP contribution in [0, 0.1) is 0 Å². The number of carbonyl (C=O) groups excluding carboxylic acids is 1. The zero-order valence-electron chi connectivity index (χ0n) is 14.2. The Labute approximate surface area is 151 Å². The summed E-state index contributed by atoms with van der Waals surface area (Å²) in [5.41, 5.74) is 0.534. The van der Waals surface area contributed by atoms with E-state index < -0.39 is 17.7 Å². The van der Waals surface area contributed by atoms with Gasteiger partial charge in [0.15, 0.2) is 0 Å². The molecule has 1 atom stereocenters. The summed E-state index contributed by atoms with van der Waals surface area (Å²) in [6, 6.07) is 7.55. The zero-order valence-corrected chi connectivity index (χ0v) is 15.8. The third-order valence-corrected chi connectivity index (χ3v) is 3.54. The second kappa shape index (κ2) is 9.47. The van der Waals surface area contributed by atoms with Crippen molar-refractivity contribution in [1.82, 2.24) is 5.32 Å². The molecule has 0 heterocycles. The van der Waals surface area contributed by atoms with Crippen molar-refractivity contribution in [2.75, 3.05) is 0 Å². The summed E-state index contributed by atoms with van der Waals surface area (Å²) in [6.45, 7) is 5.34. The molecule has 0 aliphatic carbocycles. The lowest BCUT2D eigenvalue weighted by molar-refractivity contribution is -0.137. The predicted molar refractivity (Wildman–Crippen MR) is 97.0 cm³/mol. The van der Waals surface area contributed by atoms with Gasteiger partial charge in [0.1, 0.15) is 5.60 Å². The van der Waals surface area contributed by atoms with Crippen LogP contribution in [0.15, 0.2) is 40.9 Å². The summed E-state index contributed by atoms with van der Waals surface area (Å²) in [4.78, 5) is 22.6. The Bertz CT molecular complexity index is 576. The van der Waals surface area contributed by atoms with Crippen molar-refractivity contribution < 1.29 is 19.4 Å². The van der Waals surface area contributed by atoms with Crippen LogP contribution in [0.2, 0.25) is 0 Å². The molecule has 1 aromatic rings. The Balaban J connectivity index is 2.63. The molecule has 0 aliphatic heterocycles. The number of carboxylic acid groups (broad SMARTS) is 1. The highest BCUT2D eigenvalue weighted by Gasteiger charge is 2.18. The molecule has 5 nitrogen and oxygen atoms in total. The molecule has 1 aromatic carbocycles. The molecule has 0 unspecified atom stereocenters. The summed E-state index contributed by atoms with van der Waals surface area (Å²) in [6.07, 6.45) is 4.18. The van der Waals surface area contributed by atoms with Crippen molar-refractivity contribution in [3.63, 3.8) is 0 Å². The summed E-state index contributed by atoms with van der Waals surface area (Å²) >= 11 is 3.39. The normalized spacial score (nSPS) is 12.8. The first-order valence-electron chi connectivity index (χ1n) is 7.78. The standard InChI is InChI=1S/C18H24BrNO4/c1-18(2,3)24-17(23)20-15(11-12-16(21)22)6-4-5-13-7-9-14(19)10-8-13/h4,6-10,15H,5,11-12H2,1-3H3,(H,20,23)(H,21,22)/b6-4+/t15-/m1/s1. The van der Waals surface area contributed by atoms with Crippen molar-refractivity contribution in [1.29, 1.82) is 0 Å². The van der Waals surface area contributed by atoms with Crippen LogP contribution in [0.1, 0.15) is 39.2 Å². The van der Waals surface area contributed by atoms with Gasteiger partial charge in [-0.15, -0.1) is 0 Å². The van der Waals surface area contributed by atoms with Gasteiger partial charge in [-0.1, -0.05) is 40.2 Å². The maximum Gasteiger partial charge on any atom is 0.408 e. The first kappa shape index (κ1) is 20.2. The van der Waals surface area contributed by atoms with Gasteiger partial charge in [-0.3, -0.25) is 4.79 Å². The number of carboxylic acids is 1. The zero-order chi connectivity index (χ0) is 18.2. The molecule has 24 heavy (non-hydrogen) atoms. The second-order valence-corrected chi connectivity index (χ2v) is 7.36. The average Bonchev–Trinajstić information content (AvgIpc) is 2.44. The van der Waals surface area contributed by atoms with E-state index in [2.05, 4.69) is 21.2 Å². The van der Waals surface area contributed by atoms with Crippen molar-refractivity contribution in [2.45, 2.75) is 51.7 Å². The second-order valence-electron chi connectivity index (χ2n) is 6.44. The van der Waals surface area contributed by atoms with E-state index in [1.54, 1.807) is 20.8 Å². The Morgan fingerprint density at radius 2 is 1.92 bits per heavy atom. The number of benzene rings is 1. The highest BCUT2D eigenvalue weighted by Crippen LogP contribution is 2.12. The monoisotopic (exact) mass is 397 g/mol. The lowest BCUT2D eigenvalue weighted by Crippen LogP contribution is -2.38. The van der Waals surface area contributed by atoms with Crippen molar-refractivity contribution in [2.24, 2.45) is 0 Å². The van der Waals surface area contributed by atoms with E-state index in [9.17, 15) is 9.59 Å². The first-order chi connectivity index (χ1) is 11.2. The van der Waals surface area contributed by atoms with Gasteiger partial charge < -0.3 is 15.2 Å². The molecule has 1 amide bonds. The minimum atomic E-state index is -0.896. The van der Waals surface area contributed by atoms with E-state index in [4.69, 9.17) is 9.84 Å². The van der Waals surface area contributed by atoms with Crippen molar-refractivity contribution in [3.05, 3.63) is 46.5 Å². The Morgan fingerprint density at radius 3 is 2.46 bits per heavy atom. The van der Waals surface area contributed by atoms with E-state index in [1.807, 2.05) is 36.4 Å². The van der Waals surface area contributed by atoms with Crippen molar-refractivity contribution >= 4 is 28.0 Å². The molecular weight excluding hydrogens is 374 g/mol. The topological polar surface area (TPSA) is 75.6 Å². The fourth-order valence-corrected chi connectivity index (χ4v) is 2.21. The molecule has 0 bridgehead atoms. The molecule has 0 saturated carbocycles. The highest BCUT2D eigenvalue weighted by molar-refractivity contribution is 9.10. The maximum absolute atomic E-state index is 11.9. The van der Waals surface area contributed by atoms with E-state index in [-0.39, 0.29) is 12.5 Å². The van der Waals surface area contributed by atoms with Crippen LogP contribution in [0.5, 0.6) is 0 Å². The quantitative estimate of drug-likeness (QED) is 0.672. The Kier molecular flexibility index (Phi) is 7.98. The summed E-state index contributed by atoms with van der Waals surface area (Å²) < 4.78 is 6.23.